The molecule has 0 radical (unpaired) electrons. The first-order valence-electron chi connectivity index (χ1n) is 16.3. The number of fused-ring (bicyclic) bond motifs is 11. The minimum absolute atomic E-state index is 0.0152. The lowest BCUT2D eigenvalue weighted by Gasteiger charge is -2.27. The van der Waals surface area contributed by atoms with Crippen LogP contribution in [0.3, 0.4) is 0 Å². The van der Waals surface area contributed by atoms with E-state index in [4.69, 9.17) is 0 Å². The molecular weight excluding hydrogens is 569 g/mol. The maximum Gasteiger partial charge on any atom is 0.0721 e. The van der Waals surface area contributed by atoms with Crippen molar-refractivity contribution in [2.24, 2.45) is 0 Å². The maximum absolute atomic E-state index is 3.90. The van der Waals surface area contributed by atoms with Crippen LogP contribution in [0.4, 0.5) is 0 Å². The summed E-state index contributed by atoms with van der Waals surface area (Å²) in [4.78, 5) is 0. The lowest BCUT2D eigenvalue weighted by molar-refractivity contribution is 0.763. The summed E-state index contributed by atoms with van der Waals surface area (Å²) in [6.07, 6.45) is 4.74. The Bertz CT molecular complexity index is 2760. The average molecular weight is 599 g/mol. The highest BCUT2D eigenvalue weighted by molar-refractivity contribution is 6.37. The quantitative estimate of drug-likeness (QED) is 0.200. The van der Waals surface area contributed by atoms with Crippen molar-refractivity contribution in [1.82, 2.24) is 9.88 Å². The molecule has 220 valence electrons. The van der Waals surface area contributed by atoms with E-state index in [0.29, 0.717) is 0 Å². The molecule has 1 N–H and O–H groups in total. The summed E-state index contributed by atoms with van der Waals surface area (Å²) in [5, 5.41) is 16.7. The van der Waals surface area contributed by atoms with Crippen LogP contribution in [0.15, 0.2) is 170 Å². The molecule has 8 aromatic carbocycles. The number of benzene rings is 8. The van der Waals surface area contributed by atoms with Gasteiger partial charge in [0.05, 0.1) is 17.1 Å². The Morgan fingerprint density at radius 3 is 1.98 bits per heavy atom. The number of para-hydroxylation sites is 1. The number of allylic oxidation sites excluding steroid dienone is 2. The number of nitrogens with zero attached hydrogens (tertiary/aromatic N) is 1. The second-order valence-electron chi connectivity index (χ2n) is 12.6. The van der Waals surface area contributed by atoms with Gasteiger partial charge in [-0.1, -0.05) is 146 Å². The van der Waals surface area contributed by atoms with E-state index in [0.717, 1.165) is 11.4 Å². The minimum Gasteiger partial charge on any atom is -0.374 e. The van der Waals surface area contributed by atoms with E-state index < -0.39 is 0 Å². The van der Waals surface area contributed by atoms with Gasteiger partial charge in [0.2, 0.25) is 0 Å². The van der Waals surface area contributed by atoms with Crippen LogP contribution < -0.4 is 5.32 Å². The average Bonchev–Trinajstić information content (AvgIpc) is 3.50. The highest BCUT2D eigenvalue weighted by Gasteiger charge is 2.24. The van der Waals surface area contributed by atoms with Gasteiger partial charge in [0.15, 0.2) is 0 Å². The molecule has 1 aliphatic rings. The number of dihydropyridines is 1. The van der Waals surface area contributed by atoms with Gasteiger partial charge in [-0.3, -0.25) is 0 Å². The van der Waals surface area contributed by atoms with Crippen molar-refractivity contribution in [3.05, 3.63) is 181 Å². The molecule has 0 bridgehead atoms. The van der Waals surface area contributed by atoms with Crippen molar-refractivity contribution >= 4 is 76.3 Å². The molecule has 0 saturated heterocycles. The molecule has 10 rings (SSSR count). The van der Waals surface area contributed by atoms with Crippen molar-refractivity contribution < 1.29 is 0 Å². The zero-order valence-electron chi connectivity index (χ0n) is 25.7. The number of hydrogen-bond donors (Lipinski definition) is 1. The third-order valence-corrected chi connectivity index (χ3v) is 9.94. The highest BCUT2D eigenvalue weighted by Crippen LogP contribution is 2.45. The Morgan fingerprint density at radius 2 is 1.13 bits per heavy atom. The van der Waals surface area contributed by atoms with Crippen LogP contribution in [0.25, 0.3) is 76.3 Å². The van der Waals surface area contributed by atoms with Crippen LogP contribution in [0, 0.1) is 0 Å². The van der Waals surface area contributed by atoms with Gasteiger partial charge in [-0.05, 0) is 67.7 Å². The van der Waals surface area contributed by atoms with Crippen molar-refractivity contribution in [3.8, 4) is 0 Å². The van der Waals surface area contributed by atoms with Crippen molar-refractivity contribution in [2.45, 2.75) is 6.04 Å². The van der Waals surface area contributed by atoms with Gasteiger partial charge in [0, 0.05) is 32.9 Å². The molecule has 1 atom stereocenters. The number of hydrogen-bond acceptors (Lipinski definition) is 1. The van der Waals surface area contributed by atoms with Crippen LogP contribution in [-0.4, -0.2) is 4.57 Å². The van der Waals surface area contributed by atoms with Gasteiger partial charge < -0.3 is 9.88 Å². The van der Waals surface area contributed by atoms with E-state index >= 15 is 0 Å². The molecule has 1 unspecified atom stereocenters. The molecule has 0 spiro atoms. The summed E-state index contributed by atoms with van der Waals surface area (Å²) >= 11 is 0. The number of rotatable bonds is 3. The molecule has 0 amide bonds. The standard InChI is InChI=1S/C45H30N2/c1-2-14-31(15-3-1)40-27-34(28-41(46-40)33-23-22-29-12-4-5-16-32(29)26-33)47-42-21-11-10-20-39(42)44-43-35-17-7-6-13-30(35)24-25-37(43)36-18-8-9-19-38(36)45(44)47/h1-28,41,46H. The second-order valence-corrected chi connectivity index (χ2v) is 12.6. The highest BCUT2D eigenvalue weighted by atomic mass is 15.0. The predicted octanol–water partition coefficient (Wildman–Crippen LogP) is 11.6. The lowest BCUT2D eigenvalue weighted by Crippen LogP contribution is -2.22. The van der Waals surface area contributed by atoms with E-state index in [9.17, 15) is 0 Å². The van der Waals surface area contributed by atoms with Gasteiger partial charge in [-0.2, -0.15) is 0 Å². The Kier molecular flexibility index (Phi) is 5.67. The molecule has 2 nitrogen and oxygen atoms in total. The molecule has 9 aromatic rings. The van der Waals surface area contributed by atoms with Crippen LogP contribution in [0.5, 0.6) is 0 Å². The molecule has 0 aliphatic carbocycles. The largest absolute Gasteiger partial charge is 0.374 e. The molecule has 1 aromatic heterocycles. The van der Waals surface area contributed by atoms with Gasteiger partial charge >= 0.3 is 0 Å². The molecule has 1 aliphatic heterocycles. The topological polar surface area (TPSA) is 17.0 Å². The minimum atomic E-state index is -0.0152. The van der Waals surface area contributed by atoms with Gasteiger partial charge in [-0.25, -0.2) is 0 Å². The molecule has 47 heavy (non-hydrogen) atoms. The fourth-order valence-corrected chi connectivity index (χ4v) is 7.83. The molecule has 0 fully saturated rings. The predicted molar refractivity (Wildman–Crippen MR) is 200 cm³/mol. The Balaban J connectivity index is 1.34. The second kappa shape index (κ2) is 10.2. The third kappa shape index (κ3) is 3.98. The Labute approximate surface area is 272 Å². The summed E-state index contributed by atoms with van der Waals surface area (Å²) in [5.41, 5.74) is 7.15. The maximum atomic E-state index is 3.90. The monoisotopic (exact) mass is 598 g/mol. The van der Waals surface area contributed by atoms with Crippen LogP contribution in [0.2, 0.25) is 0 Å². The van der Waals surface area contributed by atoms with Gasteiger partial charge in [-0.15, -0.1) is 0 Å². The molecular formula is C45H30N2. The van der Waals surface area contributed by atoms with Crippen LogP contribution in [0.1, 0.15) is 17.2 Å². The van der Waals surface area contributed by atoms with E-state index in [1.54, 1.807) is 0 Å². The van der Waals surface area contributed by atoms with Crippen LogP contribution >= 0.6 is 0 Å². The summed E-state index contributed by atoms with van der Waals surface area (Å²) in [5.74, 6) is 0. The molecule has 0 saturated carbocycles. The van der Waals surface area contributed by atoms with E-state index in [1.807, 2.05) is 0 Å². The van der Waals surface area contributed by atoms with E-state index in [2.05, 4.69) is 180 Å². The number of aromatic nitrogens is 1. The first-order valence-corrected chi connectivity index (χ1v) is 16.3. The van der Waals surface area contributed by atoms with Crippen molar-refractivity contribution in [1.29, 1.82) is 0 Å². The summed E-state index contributed by atoms with van der Waals surface area (Å²) in [6.45, 7) is 0. The smallest absolute Gasteiger partial charge is 0.0721 e. The first kappa shape index (κ1) is 26.1. The van der Waals surface area contributed by atoms with Gasteiger partial charge in [0.1, 0.15) is 0 Å². The first-order chi connectivity index (χ1) is 23.3. The van der Waals surface area contributed by atoms with Crippen molar-refractivity contribution in [3.63, 3.8) is 0 Å². The van der Waals surface area contributed by atoms with E-state index in [1.165, 1.54) is 76.0 Å². The molecule has 2 heterocycles. The zero-order chi connectivity index (χ0) is 30.9. The Morgan fingerprint density at radius 1 is 0.468 bits per heavy atom. The summed E-state index contributed by atoms with van der Waals surface area (Å²) < 4.78 is 2.52. The third-order valence-electron chi connectivity index (χ3n) is 9.94. The van der Waals surface area contributed by atoms with Crippen molar-refractivity contribution in [2.75, 3.05) is 0 Å². The molecule has 2 heteroatoms. The zero-order valence-corrected chi connectivity index (χ0v) is 25.7. The van der Waals surface area contributed by atoms with E-state index in [-0.39, 0.29) is 6.04 Å². The summed E-state index contributed by atoms with van der Waals surface area (Å²) in [6, 6.07) is 57.4. The van der Waals surface area contributed by atoms with Gasteiger partial charge in [0.25, 0.3) is 0 Å². The Hall–Kier alpha value is -6.12. The normalized spacial score (nSPS) is 15.0. The van der Waals surface area contributed by atoms with Crippen LogP contribution in [-0.2, 0) is 0 Å². The summed E-state index contributed by atoms with van der Waals surface area (Å²) in [7, 11) is 0. The fourth-order valence-electron chi connectivity index (χ4n) is 7.83. The SMILES string of the molecule is C1=C(c2ccccc2)NC(c2ccc3ccccc3c2)C=C1n1c2ccccc2c2c3c4ccccc4ccc3c3ccccc3c21. The lowest BCUT2D eigenvalue weighted by atomic mass is 9.93. The fraction of sp³-hybridized carbons (Fsp3) is 0.0222. The number of nitrogens with one attached hydrogen (secondary N) is 1.